The zero-order valence-electron chi connectivity index (χ0n) is 12.2. The van der Waals surface area contributed by atoms with Crippen molar-refractivity contribution in [3.63, 3.8) is 0 Å². The number of thioether (sulfide) groups is 1. The van der Waals surface area contributed by atoms with Crippen LogP contribution in [0.1, 0.15) is 29.9 Å². The number of nitrogens with one attached hydrogen (secondary N) is 1. The molecule has 0 aromatic heterocycles. The summed E-state index contributed by atoms with van der Waals surface area (Å²) in [6, 6.07) is 17.3. The van der Waals surface area contributed by atoms with E-state index < -0.39 is 0 Å². The van der Waals surface area contributed by atoms with Gasteiger partial charge in [-0.1, -0.05) is 42.5 Å². The van der Waals surface area contributed by atoms with E-state index in [0.29, 0.717) is 0 Å². The second-order valence-electron chi connectivity index (χ2n) is 5.42. The van der Waals surface area contributed by atoms with Crippen molar-refractivity contribution in [2.75, 3.05) is 11.1 Å². The lowest BCUT2D eigenvalue weighted by Crippen LogP contribution is -2.03. The van der Waals surface area contributed by atoms with Gasteiger partial charge in [0, 0.05) is 22.9 Å². The lowest BCUT2D eigenvalue weighted by atomic mass is 10.0. The lowest BCUT2D eigenvalue weighted by molar-refractivity contribution is 1.03. The maximum Gasteiger partial charge on any atom is 0.0481 e. The first-order chi connectivity index (χ1) is 10.4. The van der Waals surface area contributed by atoms with E-state index >= 15 is 0 Å². The molecule has 21 heavy (non-hydrogen) atoms. The van der Waals surface area contributed by atoms with Gasteiger partial charge in [0.25, 0.3) is 0 Å². The third kappa shape index (κ3) is 3.70. The Morgan fingerprint density at radius 3 is 2.67 bits per heavy atom. The van der Waals surface area contributed by atoms with Crippen LogP contribution in [0.25, 0.3) is 0 Å². The van der Waals surface area contributed by atoms with Crippen molar-refractivity contribution in [3.05, 3.63) is 72.3 Å². The van der Waals surface area contributed by atoms with E-state index in [-0.39, 0.29) is 0 Å². The maximum atomic E-state index is 3.80. The first-order valence-electron chi connectivity index (χ1n) is 7.53. The summed E-state index contributed by atoms with van der Waals surface area (Å²) in [6.07, 6.45) is 4.65. The Morgan fingerprint density at radius 2 is 1.86 bits per heavy atom. The molecule has 1 fully saturated rings. The molecule has 0 spiro atoms. The molecule has 0 heterocycles. The van der Waals surface area contributed by atoms with Crippen LogP contribution in [0, 0.1) is 0 Å². The molecule has 1 N–H and O–H groups in total. The number of hydrogen-bond donors (Lipinski definition) is 1. The molecule has 1 nitrogen and oxygen atoms in total. The van der Waals surface area contributed by atoms with Crippen LogP contribution in [0.2, 0.25) is 0 Å². The highest BCUT2D eigenvalue weighted by Gasteiger charge is 2.25. The zero-order chi connectivity index (χ0) is 14.5. The van der Waals surface area contributed by atoms with Crippen LogP contribution in [-0.2, 0) is 6.54 Å². The summed E-state index contributed by atoms with van der Waals surface area (Å²) in [5.74, 6) is 1.74. The quantitative estimate of drug-likeness (QED) is 0.538. The van der Waals surface area contributed by atoms with Crippen molar-refractivity contribution >= 4 is 17.4 Å². The van der Waals surface area contributed by atoms with Crippen molar-refractivity contribution in [2.45, 2.75) is 30.2 Å². The maximum absolute atomic E-state index is 3.80. The third-order valence-electron chi connectivity index (χ3n) is 3.79. The molecule has 1 aliphatic carbocycles. The molecule has 0 unspecified atom stereocenters. The highest BCUT2D eigenvalue weighted by Crippen LogP contribution is 2.41. The van der Waals surface area contributed by atoms with Crippen LogP contribution in [0.3, 0.4) is 0 Å². The molecule has 0 atom stereocenters. The van der Waals surface area contributed by atoms with Gasteiger partial charge in [-0.2, -0.15) is 0 Å². The molecule has 0 amide bonds. The van der Waals surface area contributed by atoms with Gasteiger partial charge in [-0.3, -0.25) is 0 Å². The standard InChI is InChI=1S/C19H21NS/c1-2-13-21-19-10-6-5-9-18(19)20-14-16-7-3-4-8-17(16)15-11-12-15/h2-10,15,20H,1,11-14H2. The topological polar surface area (TPSA) is 12.0 Å². The minimum absolute atomic E-state index is 0.799. The smallest absolute Gasteiger partial charge is 0.0481 e. The van der Waals surface area contributed by atoms with Crippen LogP contribution < -0.4 is 5.32 Å². The van der Waals surface area contributed by atoms with E-state index in [1.807, 2.05) is 17.8 Å². The number of benzene rings is 2. The van der Waals surface area contributed by atoms with Gasteiger partial charge in [0.05, 0.1) is 0 Å². The van der Waals surface area contributed by atoms with Gasteiger partial charge in [0.2, 0.25) is 0 Å². The fraction of sp³-hybridized carbons (Fsp3) is 0.263. The highest BCUT2D eigenvalue weighted by molar-refractivity contribution is 7.99. The minimum Gasteiger partial charge on any atom is -0.380 e. The monoisotopic (exact) mass is 295 g/mol. The normalized spacial score (nSPS) is 13.9. The molecule has 0 bridgehead atoms. The van der Waals surface area contributed by atoms with Crippen LogP contribution in [-0.4, -0.2) is 5.75 Å². The number of rotatable bonds is 7. The second kappa shape index (κ2) is 6.86. The second-order valence-corrected chi connectivity index (χ2v) is 6.48. The molecule has 0 aliphatic heterocycles. The molecule has 108 valence electrons. The van der Waals surface area contributed by atoms with Crippen molar-refractivity contribution < 1.29 is 0 Å². The Morgan fingerprint density at radius 1 is 1.10 bits per heavy atom. The predicted molar refractivity (Wildman–Crippen MR) is 93.1 cm³/mol. The van der Waals surface area contributed by atoms with Crippen LogP contribution >= 0.6 is 11.8 Å². The zero-order valence-corrected chi connectivity index (χ0v) is 13.0. The Labute approximate surface area is 131 Å². The SMILES string of the molecule is C=CCSc1ccccc1NCc1ccccc1C1CC1. The summed E-state index contributed by atoms with van der Waals surface area (Å²) in [5.41, 5.74) is 4.18. The van der Waals surface area contributed by atoms with Gasteiger partial charge in [-0.25, -0.2) is 0 Å². The summed E-state index contributed by atoms with van der Waals surface area (Å²) in [6.45, 7) is 4.70. The van der Waals surface area contributed by atoms with E-state index in [0.717, 1.165) is 18.2 Å². The van der Waals surface area contributed by atoms with E-state index in [1.54, 1.807) is 0 Å². The number of hydrogen-bond acceptors (Lipinski definition) is 2. The van der Waals surface area contributed by atoms with Crippen molar-refractivity contribution in [3.8, 4) is 0 Å². The van der Waals surface area contributed by atoms with E-state index in [1.165, 1.54) is 34.6 Å². The Balaban J connectivity index is 1.71. The molecule has 1 saturated carbocycles. The largest absolute Gasteiger partial charge is 0.380 e. The fourth-order valence-corrected chi connectivity index (χ4v) is 3.33. The van der Waals surface area contributed by atoms with Gasteiger partial charge < -0.3 is 5.32 Å². The minimum atomic E-state index is 0.799. The molecule has 3 rings (SSSR count). The van der Waals surface area contributed by atoms with E-state index in [2.05, 4.69) is 60.4 Å². The van der Waals surface area contributed by atoms with Gasteiger partial charge in [0.15, 0.2) is 0 Å². The lowest BCUT2D eigenvalue weighted by Gasteiger charge is -2.13. The average Bonchev–Trinajstić information content (AvgIpc) is 3.37. The average molecular weight is 295 g/mol. The summed E-state index contributed by atoms with van der Waals surface area (Å²) < 4.78 is 0. The molecule has 2 aromatic carbocycles. The predicted octanol–water partition coefficient (Wildman–Crippen LogP) is 5.45. The Kier molecular flexibility index (Phi) is 4.66. The van der Waals surface area contributed by atoms with Crippen LogP contribution in [0.15, 0.2) is 66.1 Å². The van der Waals surface area contributed by atoms with Crippen LogP contribution in [0.5, 0.6) is 0 Å². The highest BCUT2D eigenvalue weighted by atomic mass is 32.2. The van der Waals surface area contributed by atoms with E-state index in [9.17, 15) is 0 Å². The van der Waals surface area contributed by atoms with E-state index in [4.69, 9.17) is 0 Å². The summed E-state index contributed by atoms with van der Waals surface area (Å²) in [5, 5.41) is 3.61. The molecule has 0 radical (unpaired) electrons. The summed E-state index contributed by atoms with van der Waals surface area (Å²) in [4.78, 5) is 1.29. The molecule has 1 aliphatic rings. The number of para-hydroxylation sites is 1. The fourth-order valence-electron chi connectivity index (χ4n) is 2.57. The summed E-state index contributed by atoms with van der Waals surface area (Å²) in [7, 11) is 0. The van der Waals surface area contributed by atoms with Gasteiger partial charge in [-0.15, -0.1) is 18.3 Å². The third-order valence-corrected chi connectivity index (χ3v) is 4.85. The number of anilines is 1. The molecular weight excluding hydrogens is 274 g/mol. The first kappa shape index (κ1) is 14.3. The van der Waals surface area contributed by atoms with Crippen molar-refractivity contribution in [2.24, 2.45) is 0 Å². The van der Waals surface area contributed by atoms with Gasteiger partial charge in [-0.05, 0) is 42.0 Å². The Hall–Kier alpha value is -1.67. The van der Waals surface area contributed by atoms with Crippen molar-refractivity contribution in [1.82, 2.24) is 0 Å². The molecule has 0 saturated heterocycles. The van der Waals surface area contributed by atoms with Gasteiger partial charge >= 0.3 is 0 Å². The molecular formula is C19H21NS. The van der Waals surface area contributed by atoms with Crippen molar-refractivity contribution in [1.29, 1.82) is 0 Å². The summed E-state index contributed by atoms with van der Waals surface area (Å²) >= 11 is 1.82. The van der Waals surface area contributed by atoms with Gasteiger partial charge in [0.1, 0.15) is 0 Å². The molecule has 2 heteroatoms. The first-order valence-corrected chi connectivity index (χ1v) is 8.51. The van der Waals surface area contributed by atoms with Crippen LogP contribution in [0.4, 0.5) is 5.69 Å². The molecule has 2 aromatic rings. The Bertz CT molecular complexity index is 616.